The molecular formula is C25H30N2. The van der Waals surface area contributed by atoms with E-state index >= 15 is 0 Å². The van der Waals surface area contributed by atoms with Gasteiger partial charge in [-0.3, -0.25) is 4.90 Å². The molecule has 0 saturated heterocycles. The fourth-order valence-electron chi connectivity index (χ4n) is 4.31. The first kappa shape index (κ1) is 18.1. The molecule has 1 aliphatic heterocycles. The van der Waals surface area contributed by atoms with Gasteiger partial charge in [0.05, 0.1) is 0 Å². The van der Waals surface area contributed by atoms with Crippen molar-refractivity contribution in [2.45, 2.75) is 39.0 Å². The van der Waals surface area contributed by atoms with Crippen LogP contribution in [-0.4, -0.2) is 29.5 Å². The predicted molar refractivity (Wildman–Crippen MR) is 116 cm³/mol. The number of aromatic amines is 1. The van der Waals surface area contributed by atoms with E-state index in [9.17, 15) is 0 Å². The van der Waals surface area contributed by atoms with Crippen molar-refractivity contribution in [2.24, 2.45) is 0 Å². The Bertz CT molecular complexity index is 904. The number of nitrogens with zero attached hydrogens (tertiary/aromatic N) is 1. The molecule has 0 atom stereocenters. The van der Waals surface area contributed by atoms with Crippen molar-refractivity contribution in [3.63, 3.8) is 0 Å². The highest BCUT2D eigenvalue weighted by atomic mass is 15.1. The van der Waals surface area contributed by atoms with E-state index < -0.39 is 0 Å². The molecule has 0 unspecified atom stereocenters. The highest BCUT2D eigenvalue weighted by Crippen LogP contribution is 2.25. The number of rotatable bonds is 7. The monoisotopic (exact) mass is 358 g/mol. The number of hydrogen-bond donors (Lipinski definition) is 1. The summed E-state index contributed by atoms with van der Waals surface area (Å²) >= 11 is 0. The second-order valence-electron chi connectivity index (χ2n) is 7.58. The van der Waals surface area contributed by atoms with Gasteiger partial charge in [-0.1, -0.05) is 61.5 Å². The van der Waals surface area contributed by atoms with Crippen LogP contribution < -0.4 is 0 Å². The molecule has 2 nitrogen and oxygen atoms in total. The van der Waals surface area contributed by atoms with Crippen LogP contribution in [0.1, 0.15) is 43.0 Å². The fraction of sp³-hybridized carbons (Fsp3) is 0.360. The second kappa shape index (κ2) is 8.58. The third kappa shape index (κ3) is 4.17. The molecule has 1 N–H and O–H groups in total. The van der Waals surface area contributed by atoms with Gasteiger partial charge in [-0.15, -0.1) is 0 Å². The van der Waals surface area contributed by atoms with Crippen molar-refractivity contribution in [1.29, 1.82) is 0 Å². The number of unbranched alkanes of at least 4 members (excludes halogenated alkanes) is 1. The number of fused-ring (bicyclic) bond motifs is 1. The lowest BCUT2D eigenvalue weighted by atomic mass is 9.99. The minimum absolute atomic E-state index is 1.09. The van der Waals surface area contributed by atoms with Crippen LogP contribution >= 0.6 is 0 Å². The Morgan fingerprint density at radius 3 is 2.56 bits per heavy atom. The number of benzene rings is 2. The Hall–Kier alpha value is -2.32. The molecule has 0 radical (unpaired) electrons. The van der Waals surface area contributed by atoms with Crippen molar-refractivity contribution in [3.05, 3.63) is 77.5 Å². The van der Waals surface area contributed by atoms with Crippen molar-refractivity contribution in [2.75, 3.05) is 19.6 Å². The molecule has 2 aromatic carbocycles. The van der Waals surface area contributed by atoms with Crippen molar-refractivity contribution >= 4 is 16.5 Å². The van der Waals surface area contributed by atoms with Gasteiger partial charge in [0.25, 0.3) is 0 Å². The van der Waals surface area contributed by atoms with Crippen LogP contribution in [0, 0.1) is 0 Å². The summed E-state index contributed by atoms with van der Waals surface area (Å²) in [4.78, 5) is 6.21. The van der Waals surface area contributed by atoms with Crippen LogP contribution in [0.4, 0.5) is 0 Å². The minimum Gasteiger partial charge on any atom is -0.358 e. The fourth-order valence-corrected chi connectivity index (χ4v) is 4.31. The SMILES string of the molecule is CCc1[nH]c2ccccc2c1CCCCN1CC=C(c2ccccc2)CC1. The molecule has 140 valence electrons. The molecule has 27 heavy (non-hydrogen) atoms. The molecule has 0 fully saturated rings. The van der Waals surface area contributed by atoms with Crippen molar-refractivity contribution < 1.29 is 0 Å². The van der Waals surface area contributed by atoms with Gasteiger partial charge in [-0.05, 0) is 61.4 Å². The van der Waals surface area contributed by atoms with Crippen molar-refractivity contribution in [1.82, 2.24) is 9.88 Å². The van der Waals surface area contributed by atoms with Crippen LogP contribution in [0.5, 0.6) is 0 Å². The van der Waals surface area contributed by atoms with E-state index in [0.717, 1.165) is 13.0 Å². The molecule has 0 amide bonds. The molecule has 3 aromatic rings. The largest absolute Gasteiger partial charge is 0.358 e. The lowest BCUT2D eigenvalue weighted by Crippen LogP contribution is -2.29. The lowest BCUT2D eigenvalue weighted by molar-refractivity contribution is 0.295. The van der Waals surface area contributed by atoms with Gasteiger partial charge >= 0.3 is 0 Å². The van der Waals surface area contributed by atoms with Gasteiger partial charge in [0.15, 0.2) is 0 Å². The van der Waals surface area contributed by atoms with E-state index in [1.807, 2.05) is 0 Å². The molecule has 0 spiro atoms. The van der Waals surface area contributed by atoms with Crippen molar-refractivity contribution in [3.8, 4) is 0 Å². The van der Waals surface area contributed by atoms with E-state index in [1.165, 1.54) is 72.1 Å². The second-order valence-corrected chi connectivity index (χ2v) is 7.58. The molecule has 1 aromatic heterocycles. The van der Waals surface area contributed by atoms with Gasteiger partial charge in [-0.25, -0.2) is 0 Å². The lowest BCUT2D eigenvalue weighted by Gasteiger charge is -2.26. The van der Waals surface area contributed by atoms with Gasteiger partial charge in [0.2, 0.25) is 0 Å². The van der Waals surface area contributed by atoms with Gasteiger partial charge in [-0.2, -0.15) is 0 Å². The molecular weight excluding hydrogens is 328 g/mol. The first-order chi connectivity index (χ1) is 13.3. The van der Waals surface area contributed by atoms with Gasteiger partial charge in [0, 0.05) is 29.7 Å². The maximum atomic E-state index is 3.61. The van der Waals surface area contributed by atoms with Crippen LogP contribution in [0.25, 0.3) is 16.5 Å². The van der Waals surface area contributed by atoms with Crippen LogP contribution in [0.3, 0.4) is 0 Å². The zero-order valence-corrected chi connectivity index (χ0v) is 16.4. The predicted octanol–water partition coefficient (Wildman–Crippen LogP) is 5.84. The summed E-state index contributed by atoms with van der Waals surface area (Å²) in [5.41, 5.74) is 7.16. The van der Waals surface area contributed by atoms with Crippen LogP contribution in [0.15, 0.2) is 60.7 Å². The van der Waals surface area contributed by atoms with E-state index in [2.05, 4.69) is 77.5 Å². The van der Waals surface area contributed by atoms with E-state index in [1.54, 1.807) is 0 Å². The standard InChI is InChI=1S/C25H30N2/c1-2-24-22(23-12-6-7-14-25(23)26-24)13-8-9-17-27-18-15-21(16-19-27)20-10-4-3-5-11-20/h3-7,10-12,14-15,26H,2,8-9,13,16-19H2,1H3. The Morgan fingerprint density at radius 2 is 1.78 bits per heavy atom. The molecule has 0 saturated carbocycles. The molecule has 2 heterocycles. The summed E-state index contributed by atoms with van der Waals surface area (Å²) in [7, 11) is 0. The van der Waals surface area contributed by atoms with E-state index in [-0.39, 0.29) is 0 Å². The molecule has 0 bridgehead atoms. The van der Waals surface area contributed by atoms with Crippen LogP contribution in [0.2, 0.25) is 0 Å². The maximum Gasteiger partial charge on any atom is 0.0458 e. The molecule has 0 aliphatic carbocycles. The normalized spacial score (nSPS) is 15.2. The summed E-state index contributed by atoms with van der Waals surface area (Å²) in [5.74, 6) is 0. The highest BCUT2D eigenvalue weighted by Gasteiger charge is 2.13. The number of hydrogen-bond acceptors (Lipinski definition) is 1. The topological polar surface area (TPSA) is 19.0 Å². The number of H-pyrrole nitrogens is 1. The first-order valence-electron chi connectivity index (χ1n) is 10.4. The number of nitrogens with one attached hydrogen (secondary N) is 1. The zero-order valence-electron chi connectivity index (χ0n) is 16.4. The zero-order chi connectivity index (χ0) is 18.5. The summed E-state index contributed by atoms with van der Waals surface area (Å²) in [6, 6.07) is 19.6. The quantitative estimate of drug-likeness (QED) is 0.526. The third-order valence-electron chi connectivity index (χ3n) is 5.84. The Kier molecular flexibility index (Phi) is 5.74. The number of para-hydroxylation sites is 1. The first-order valence-corrected chi connectivity index (χ1v) is 10.4. The average molecular weight is 359 g/mol. The Labute approximate surface area is 162 Å². The van der Waals surface area contributed by atoms with E-state index in [0.29, 0.717) is 0 Å². The summed E-state index contributed by atoms with van der Waals surface area (Å²) in [5, 5.41) is 1.42. The number of aromatic nitrogens is 1. The summed E-state index contributed by atoms with van der Waals surface area (Å²) in [6.45, 7) is 5.74. The maximum absolute atomic E-state index is 3.61. The van der Waals surface area contributed by atoms with Crippen LogP contribution in [-0.2, 0) is 12.8 Å². The Balaban J connectivity index is 1.29. The summed E-state index contributed by atoms with van der Waals surface area (Å²) < 4.78 is 0. The molecule has 2 heteroatoms. The third-order valence-corrected chi connectivity index (χ3v) is 5.84. The minimum atomic E-state index is 1.09. The number of aryl methyl sites for hydroxylation is 2. The smallest absolute Gasteiger partial charge is 0.0458 e. The Morgan fingerprint density at radius 1 is 0.963 bits per heavy atom. The average Bonchev–Trinajstić information content (AvgIpc) is 3.10. The molecule has 1 aliphatic rings. The molecule has 4 rings (SSSR count). The highest BCUT2D eigenvalue weighted by molar-refractivity contribution is 5.84. The van der Waals surface area contributed by atoms with Gasteiger partial charge in [0.1, 0.15) is 0 Å². The summed E-state index contributed by atoms with van der Waals surface area (Å²) in [6.07, 6.45) is 8.41. The van der Waals surface area contributed by atoms with E-state index in [4.69, 9.17) is 0 Å². The van der Waals surface area contributed by atoms with Gasteiger partial charge < -0.3 is 4.98 Å².